The van der Waals surface area contributed by atoms with Crippen molar-refractivity contribution < 1.29 is 9.53 Å². The van der Waals surface area contributed by atoms with Gasteiger partial charge in [-0.3, -0.25) is 9.36 Å². The summed E-state index contributed by atoms with van der Waals surface area (Å²) in [6.07, 6.45) is -0.446. The highest BCUT2D eigenvalue weighted by Gasteiger charge is 2.15. The Kier molecular flexibility index (Phi) is 8.18. The third kappa shape index (κ3) is 6.21. The van der Waals surface area contributed by atoms with E-state index >= 15 is 0 Å². The highest BCUT2D eigenvalue weighted by molar-refractivity contribution is 9.10. The van der Waals surface area contributed by atoms with Gasteiger partial charge in [0.05, 0.1) is 29.2 Å². The summed E-state index contributed by atoms with van der Waals surface area (Å²) in [5.41, 5.74) is 0.521. The zero-order valence-electron chi connectivity index (χ0n) is 19.5. The van der Waals surface area contributed by atoms with E-state index in [2.05, 4.69) is 26.1 Å². The highest BCUT2D eigenvalue weighted by atomic mass is 79.9. The van der Waals surface area contributed by atoms with E-state index in [1.807, 2.05) is 45.0 Å². The first kappa shape index (κ1) is 25.8. The molecule has 11 nitrogen and oxygen atoms in total. The lowest BCUT2D eigenvalue weighted by Crippen LogP contribution is -2.57. The summed E-state index contributed by atoms with van der Waals surface area (Å²) >= 11 is 3.44. The molecule has 0 bridgehead atoms. The van der Waals surface area contributed by atoms with Crippen molar-refractivity contribution in [3.63, 3.8) is 0 Å². The predicted molar refractivity (Wildman–Crippen MR) is 134 cm³/mol. The van der Waals surface area contributed by atoms with E-state index in [1.165, 1.54) is 4.57 Å². The van der Waals surface area contributed by atoms with Gasteiger partial charge in [-0.1, -0.05) is 29.8 Å². The summed E-state index contributed by atoms with van der Waals surface area (Å²) < 4.78 is 9.10. The number of carbonyl (C=O) groups is 1. The Bertz CT molecular complexity index is 1440. The first-order valence-corrected chi connectivity index (χ1v) is 11.5. The van der Waals surface area contributed by atoms with E-state index in [1.54, 1.807) is 18.2 Å². The lowest BCUT2D eigenvalue weighted by Gasteiger charge is -2.14. The largest absolute Gasteiger partial charge is 0.490 e. The minimum absolute atomic E-state index is 0.0335. The Morgan fingerprint density at radius 2 is 1.77 bits per heavy atom. The number of carbonyl (C=O) groups excluding carboxylic acids is 1. The van der Waals surface area contributed by atoms with Gasteiger partial charge < -0.3 is 10.6 Å². The zero-order valence-corrected chi connectivity index (χ0v) is 21.1. The van der Waals surface area contributed by atoms with Gasteiger partial charge in [0, 0.05) is 11.7 Å². The monoisotopic (exact) mass is 544 g/mol. The van der Waals surface area contributed by atoms with E-state index < -0.39 is 23.7 Å². The number of amides is 1. The smallest absolute Gasteiger partial charge is 0.353 e. The number of rotatable bonds is 8. The molecule has 0 atom stereocenters. The summed E-state index contributed by atoms with van der Waals surface area (Å²) in [5, 5.41) is 2.31. The van der Waals surface area contributed by atoms with Crippen molar-refractivity contribution in [1.82, 2.24) is 13.8 Å². The molecule has 3 rings (SSSR count). The van der Waals surface area contributed by atoms with Gasteiger partial charge in [-0.2, -0.15) is 4.68 Å². The number of nitrogens with zero attached hydrogens (tertiary/aromatic N) is 5. The van der Waals surface area contributed by atoms with Crippen LogP contribution in [0.2, 0.25) is 0 Å². The highest BCUT2D eigenvalue weighted by Crippen LogP contribution is 2.29. The van der Waals surface area contributed by atoms with Crippen LogP contribution < -0.4 is 27.6 Å². The number of hydrogen-bond donors (Lipinski definition) is 1. The molecule has 184 valence electrons. The maximum absolute atomic E-state index is 13.3. The van der Waals surface area contributed by atoms with E-state index in [9.17, 15) is 19.3 Å². The predicted octanol–water partition coefficient (Wildman–Crippen LogP) is 2.35. The maximum atomic E-state index is 13.3. The van der Waals surface area contributed by atoms with E-state index in [0.29, 0.717) is 15.9 Å². The standard InChI is InChI=1S/C23H25BrN6O5/c1-14(2)35-19-9-8-17(12-18(19)24)26-21-29(13-16-6-4-15(3)5-7-16)22(32)28(23(33)30(21)25)11-10-20(31)27-34/h4-9,12,14H,10-11,13,25H2,1-3H3. The third-order valence-electron chi connectivity index (χ3n) is 4.98. The van der Waals surface area contributed by atoms with E-state index in [-0.39, 0.29) is 24.8 Å². The van der Waals surface area contributed by atoms with Gasteiger partial charge in [-0.25, -0.2) is 19.1 Å². The second-order valence-corrected chi connectivity index (χ2v) is 8.94. The Morgan fingerprint density at radius 3 is 2.37 bits per heavy atom. The SMILES string of the molecule is Cc1ccc(Cn2c(=Nc3ccc(OC(C)C)c(Br)c3)n(N)c(=O)n(CCC(=O)N=O)c2=O)cc1. The third-order valence-corrected chi connectivity index (χ3v) is 5.60. The minimum atomic E-state index is -0.979. The van der Waals surface area contributed by atoms with Crippen LogP contribution in [-0.4, -0.2) is 25.8 Å². The quantitative estimate of drug-likeness (QED) is 0.340. The van der Waals surface area contributed by atoms with Crippen molar-refractivity contribution in [2.75, 3.05) is 5.84 Å². The summed E-state index contributed by atoms with van der Waals surface area (Å²) in [6, 6.07) is 12.5. The number of benzene rings is 2. The molecular formula is C23H25BrN6O5. The van der Waals surface area contributed by atoms with Crippen molar-refractivity contribution in [2.24, 2.45) is 10.2 Å². The van der Waals surface area contributed by atoms with E-state index in [4.69, 9.17) is 10.6 Å². The fraction of sp³-hybridized carbons (Fsp3) is 0.304. The molecule has 0 aliphatic rings. The van der Waals surface area contributed by atoms with Crippen molar-refractivity contribution in [3.8, 4) is 5.75 Å². The number of nitroso groups, excluding NO2 is 1. The van der Waals surface area contributed by atoms with Crippen molar-refractivity contribution in [2.45, 2.75) is 46.4 Å². The summed E-state index contributed by atoms with van der Waals surface area (Å²) in [5.74, 6) is 5.71. The van der Waals surface area contributed by atoms with Crippen molar-refractivity contribution in [1.29, 1.82) is 0 Å². The number of halogens is 1. The molecule has 2 N–H and O–H groups in total. The molecule has 0 aliphatic carbocycles. The lowest BCUT2D eigenvalue weighted by molar-refractivity contribution is -0.118. The van der Waals surface area contributed by atoms with Crippen LogP contribution in [0.3, 0.4) is 0 Å². The molecule has 0 saturated heterocycles. The maximum Gasteiger partial charge on any atom is 0.353 e. The van der Waals surface area contributed by atoms with Gasteiger partial charge in [0.25, 0.3) is 5.91 Å². The van der Waals surface area contributed by atoms with Gasteiger partial charge in [-0.15, -0.1) is 4.91 Å². The molecule has 3 aromatic rings. The molecule has 1 aromatic heterocycles. The van der Waals surface area contributed by atoms with Crippen molar-refractivity contribution in [3.05, 3.63) is 89.6 Å². The Hall–Kier alpha value is -3.80. The Balaban J connectivity index is 2.20. The van der Waals surface area contributed by atoms with Crippen LogP contribution in [0.25, 0.3) is 0 Å². The van der Waals surface area contributed by atoms with Crippen LogP contribution in [0.15, 0.2) is 66.7 Å². The molecule has 0 saturated carbocycles. The van der Waals surface area contributed by atoms with Gasteiger partial charge in [-0.05, 0) is 60.5 Å². The van der Waals surface area contributed by atoms with Gasteiger partial charge in [0.15, 0.2) is 0 Å². The first-order chi connectivity index (χ1) is 16.6. The molecule has 0 radical (unpaired) electrons. The second-order valence-electron chi connectivity index (χ2n) is 8.09. The average Bonchev–Trinajstić information content (AvgIpc) is 2.82. The zero-order chi connectivity index (χ0) is 25.7. The Morgan fingerprint density at radius 1 is 1.09 bits per heavy atom. The molecule has 1 amide bonds. The van der Waals surface area contributed by atoms with E-state index in [0.717, 1.165) is 20.4 Å². The molecule has 0 unspecified atom stereocenters. The number of aryl methyl sites for hydroxylation is 1. The number of hydrogen-bond acceptors (Lipinski definition) is 7. The first-order valence-electron chi connectivity index (χ1n) is 10.7. The normalized spacial score (nSPS) is 11.6. The minimum Gasteiger partial charge on any atom is -0.490 e. The molecule has 0 aliphatic heterocycles. The Labute approximate surface area is 208 Å². The summed E-state index contributed by atoms with van der Waals surface area (Å²) in [4.78, 5) is 52.5. The lowest BCUT2D eigenvalue weighted by atomic mass is 10.1. The molecule has 0 spiro atoms. The molecule has 2 aromatic carbocycles. The fourth-order valence-corrected chi connectivity index (χ4v) is 3.72. The molecule has 1 heterocycles. The second kappa shape index (κ2) is 11.1. The van der Waals surface area contributed by atoms with Crippen LogP contribution in [-0.2, 0) is 17.9 Å². The molecule has 35 heavy (non-hydrogen) atoms. The van der Waals surface area contributed by atoms with Gasteiger partial charge in [0.1, 0.15) is 5.75 Å². The fourth-order valence-electron chi connectivity index (χ4n) is 3.26. The molecule has 0 fully saturated rings. The number of nitrogens with two attached hydrogens (primary N) is 1. The van der Waals surface area contributed by atoms with Gasteiger partial charge >= 0.3 is 11.4 Å². The van der Waals surface area contributed by atoms with Crippen LogP contribution in [0.5, 0.6) is 5.75 Å². The van der Waals surface area contributed by atoms with Crippen molar-refractivity contribution >= 4 is 27.5 Å². The topological polar surface area (TPSA) is 143 Å². The van der Waals surface area contributed by atoms with Crippen LogP contribution in [0.4, 0.5) is 5.69 Å². The molecular weight excluding hydrogens is 520 g/mol. The molecule has 12 heteroatoms. The number of aromatic nitrogens is 3. The summed E-state index contributed by atoms with van der Waals surface area (Å²) in [6.45, 7) is 5.46. The summed E-state index contributed by atoms with van der Waals surface area (Å²) in [7, 11) is 0. The number of ether oxygens (including phenoxy) is 1. The van der Waals surface area contributed by atoms with Crippen LogP contribution in [0.1, 0.15) is 31.4 Å². The van der Waals surface area contributed by atoms with Crippen LogP contribution >= 0.6 is 15.9 Å². The van der Waals surface area contributed by atoms with Crippen LogP contribution in [0, 0.1) is 11.8 Å². The van der Waals surface area contributed by atoms with Gasteiger partial charge in [0.2, 0.25) is 5.62 Å². The average molecular weight is 545 g/mol. The number of nitrogen functional groups attached to an aromatic ring is 1.